The number of nitrogens with zero attached hydrogens (tertiary/aromatic N) is 1. The minimum Gasteiger partial charge on any atom is -0.195 e. The zero-order valence-electron chi connectivity index (χ0n) is 17.9. The molecule has 1 nitrogen and oxygen atoms in total. The van der Waals surface area contributed by atoms with E-state index in [2.05, 4.69) is 19.1 Å². The minimum absolute atomic E-state index is 0.714. The van der Waals surface area contributed by atoms with E-state index in [0.717, 1.165) is 30.1 Å². The zero-order chi connectivity index (χ0) is 20.0. The summed E-state index contributed by atoms with van der Waals surface area (Å²) in [7, 11) is 0. The van der Waals surface area contributed by atoms with E-state index in [1.165, 1.54) is 95.6 Å². The Labute approximate surface area is 172 Å². The average molecular weight is 386 g/mol. The number of hydrogen-bond acceptors (Lipinski definition) is 1. The lowest BCUT2D eigenvalue weighted by Crippen LogP contribution is -2.15. The van der Waals surface area contributed by atoms with Gasteiger partial charge in [0, 0.05) is 0 Å². The standard InChI is InChI=1S/C26H40FN/c1-2-3-5-8-22-11-15-24(16-12-22)19-20-25-17-13-23(14-18-25)9-6-4-7-10-26(27)21-28/h4,7,10,19-20,22-25H,2-3,5-6,8-9,11-18H2,1H3/b7-4?,20-19+,26-10?. The molecule has 2 heteroatoms. The van der Waals surface area contributed by atoms with Crippen LogP contribution in [0.5, 0.6) is 0 Å². The van der Waals surface area contributed by atoms with Crippen molar-refractivity contribution in [2.24, 2.45) is 23.7 Å². The predicted molar refractivity (Wildman–Crippen MR) is 117 cm³/mol. The monoisotopic (exact) mass is 385 g/mol. The molecule has 2 fully saturated rings. The highest BCUT2D eigenvalue weighted by Crippen LogP contribution is 2.35. The summed E-state index contributed by atoms with van der Waals surface area (Å²) in [5, 5.41) is 8.37. The first-order valence-electron chi connectivity index (χ1n) is 11.8. The van der Waals surface area contributed by atoms with E-state index >= 15 is 0 Å². The molecule has 0 radical (unpaired) electrons. The Morgan fingerprint density at radius 1 is 0.893 bits per heavy atom. The molecule has 0 spiro atoms. The normalized spacial score (nSPS) is 29.4. The minimum atomic E-state index is -0.714. The Bertz CT molecular complexity index is 537. The highest BCUT2D eigenvalue weighted by molar-refractivity contribution is 5.18. The van der Waals surface area contributed by atoms with E-state index in [1.807, 2.05) is 6.08 Å². The molecular weight excluding hydrogens is 345 g/mol. The number of unbranched alkanes of at least 4 members (excludes halogenated alkanes) is 2. The van der Waals surface area contributed by atoms with Crippen molar-refractivity contribution >= 4 is 0 Å². The Kier molecular flexibility index (Phi) is 11.3. The van der Waals surface area contributed by atoms with Crippen molar-refractivity contribution in [2.75, 3.05) is 0 Å². The van der Waals surface area contributed by atoms with Gasteiger partial charge in [0.25, 0.3) is 0 Å². The van der Waals surface area contributed by atoms with Gasteiger partial charge in [-0.15, -0.1) is 0 Å². The van der Waals surface area contributed by atoms with Gasteiger partial charge < -0.3 is 0 Å². The fourth-order valence-electron chi connectivity index (χ4n) is 4.95. The molecule has 0 aromatic rings. The molecule has 0 atom stereocenters. The number of halogens is 1. The van der Waals surface area contributed by atoms with Crippen molar-refractivity contribution in [3.63, 3.8) is 0 Å². The van der Waals surface area contributed by atoms with Gasteiger partial charge in [-0.1, -0.05) is 56.9 Å². The molecule has 28 heavy (non-hydrogen) atoms. The maximum atomic E-state index is 12.7. The van der Waals surface area contributed by atoms with Gasteiger partial charge in [-0.3, -0.25) is 0 Å². The summed E-state index contributed by atoms with van der Waals surface area (Å²) < 4.78 is 12.7. The van der Waals surface area contributed by atoms with Gasteiger partial charge in [0.05, 0.1) is 0 Å². The second kappa shape index (κ2) is 13.8. The number of allylic oxidation sites excluding steroid dienone is 6. The second-order valence-corrected chi connectivity index (χ2v) is 9.07. The van der Waals surface area contributed by atoms with Crippen LogP contribution in [0.15, 0.2) is 36.2 Å². The summed E-state index contributed by atoms with van der Waals surface area (Å²) >= 11 is 0. The first-order valence-corrected chi connectivity index (χ1v) is 11.8. The second-order valence-electron chi connectivity index (χ2n) is 9.07. The first-order chi connectivity index (χ1) is 13.7. The van der Waals surface area contributed by atoms with E-state index in [-0.39, 0.29) is 0 Å². The zero-order valence-corrected chi connectivity index (χ0v) is 17.9. The lowest BCUT2D eigenvalue weighted by atomic mass is 9.77. The van der Waals surface area contributed by atoms with E-state index in [4.69, 9.17) is 5.26 Å². The molecule has 2 aliphatic rings. The van der Waals surface area contributed by atoms with Crippen LogP contribution in [-0.4, -0.2) is 0 Å². The van der Waals surface area contributed by atoms with Gasteiger partial charge in [-0.05, 0) is 94.0 Å². The van der Waals surface area contributed by atoms with E-state index < -0.39 is 5.83 Å². The SMILES string of the molecule is CCCCCC1CCC(/C=C/C2CCC(CCC=CC=C(F)C#N)CC2)CC1. The Morgan fingerprint density at radius 2 is 1.46 bits per heavy atom. The Hall–Kier alpha value is -1.36. The fraction of sp³-hybridized carbons (Fsp3) is 0.731. The third-order valence-corrected chi connectivity index (χ3v) is 6.88. The van der Waals surface area contributed by atoms with Gasteiger partial charge in [0.15, 0.2) is 5.83 Å². The molecule has 0 unspecified atom stereocenters. The van der Waals surface area contributed by atoms with Crippen LogP contribution in [-0.2, 0) is 0 Å². The van der Waals surface area contributed by atoms with Gasteiger partial charge in [0.2, 0.25) is 0 Å². The quantitative estimate of drug-likeness (QED) is 0.160. The lowest BCUT2D eigenvalue weighted by Gasteiger charge is -2.29. The maximum absolute atomic E-state index is 12.7. The van der Waals surface area contributed by atoms with Crippen LogP contribution < -0.4 is 0 Å². The summed E-state index contributed by atoms with van der Waals surface area (Å²) in [5.41, 5.74) is 0. The third kappa shape index (κ3) is 9.22. The van der Waals surface area contributed by atoms with Gasteiger partial charge in [0.1, 0.15) is 6.07 Å². The summed E-state index contributed by atoms with van der Waals surface area (Å²) in [6, 6.07) is 1.49. The smallest absolute Gasteiger partial charge is 0.195 e. The maximum Gasteiger partial charge on any atom is 0.199 e. The molecule has 156 valence electrons. The molecule has 0 aliphatic heterocycles. The molecule has 0 bridgehead atoms. The summed E-state index contributed by atoms with van der Waals surface area (Å²) in [4.78, 5) is 0. The molecule has 0 N–H and O–H groups in total. The summed E-state index contributed by atoms with van der Waals surface area (Å²) in [6.45, 7) is 2.30. The average Bonchev–Trinajstić information content (AvgIpc) is 2.74. The van der Waals surface area contributed by atoms with Crippen LogP contribution in [0.4, 0.5) is 4.39 Å². The fourth-order valence-corrected chi connectivity index (χ4v) is 4.95. The Balaban J connectivity index is 1.57. The molecule has 2 aliphatic carbocycles. The molecule has 0 amide bonds. The lowest BCUT2D eigenvalue weighted by molar-refractivity contribution is 0.283. The van der Waals surface area contributed by atoms with E-state index in [1.54, 1.807) is 6.08 Å². The van der Waals surface area contributed by atoms with Gasteiger partial charge in [-0.25, -0.2) is 0 Å². The van der Waals surface area contributed by atoms with E-state index in [0.29, 0.717) is 0 Å². The third-order valence-electron chi connectivity index (χ3n) is 6.88. The van der Waals surface area contributed by atoms with Crippen LogP contribution in [0, 0.1) is 35.0 Å². The summed E-state index contributed by atoms with van der Waals surface area (Å²) in [5.74, 6) is 2.74. The van der Waals surface area contributed by atoms with Crippen LogP contribution in [0.1, 0.15) is 96.8 Å². The number of hydrogen-bond donors (Lipinski definition) is 0. The molecule has 0 saturated heterocycles. The molecule has 2 saturated carbocycles. The summed E-state index contributed by atoms with van der Waals surface area (Å²) in [6.07, 6.45) is 28.9. The Morgan fingerprint density at radius 3 is 2.00 bits per heavy atom. The highest BCUT2D eigenvalue weighted by atomic mass is 19.1. The molecule has 0 aromatic carbocycles. The van der Waals surface area contributed by atoms with Gasteiger partial charge >= 0.3 is 0 Å². The topological polar surface area (TPSA) is 23.8 Å². The van der Waals surface area contributed by atoms with E-state index in [9.17, 15) is 4.39 Å². The predicted octanol–water partition coefficient (Wildman–Crippen LogP) is 8.45. The van der Waals surface area contributed by atoms with Crippen molar-refractivity contribution < 1.29 is 4.39 Å². The van der Waals surface area contributed by atoms with Crippen molar-refractivity contribution in [1.82, 2.24) is 0 Å². The van der Waals surface area contributed by atoms with Crippen LogP contribution in [0.3, 0.4) is 0 Å². The largest absolute Gasteiger partial charge is 0.199 e. The van der Waals surface area contributed by atoms with Crippen molar-refractivity contribution in [3.05, 3.63) is 36.2 Å². The van der Waals surface area contributed by atoms with Gasteiger partial charge in [-0.2, -0.15) is 9.65 Å². The van der Waals surface area contributed by atoms with Crippen LogP contribution in [0.25, 0.3) is 0 Å². The first kappa shape index (κ1) is 22.9. The molecule has 0 aromatic heterocycles. The number of nitriles is 1. The highest BCUT2D eigenvalue weighted by Gasteiger charge is 2.21. The van der Waals surface area contributed by atoms with Crippen molar-refractivity contribution in [1.29, 1.82) is 5.26 Å². The molecule has 2 rings (SSSR count). The molecule has 0 heterocycles. The molecular formula is C26H40FN. The number of rotatable bonds is 10. The van der Waals surface area contributed by atoms with Crippen LogP contribution >= 0.6 is 0 Å². The van der Waals surface area contributed by atoms with Crippen molar-refractivity contribution in [2.45, 2.75) is 96.8 Å². The van der Waals surface area contributed by atoms with Crippen molar-refractivity contribution in [3.8, 4) is 6.07 Å². The van der Waals surface area contributed by atoms with Crippen LogP contribution in [0.2, 0.25) is 0 Å².